The molecule has 0 saturated heterocycles. The standard InChI is InChI=1S/C2H8O6P2.3Na/c1-2(9(3,4)5)10(6,7)8;;;/h2H,1H3,(H2,3,4,5)(H2,6,7,8);;;/q;3*+1. The Morgan fingerprint density at radius 3 is 1.00 bits per heavy atom. The van der Waals surface area contributed by atoms with E-state index < -0.39 is 20.6 Å². The normalized spacial score (nSPS) is 10.9. The van der Waals surface area contributed by atoms with Crippen molar-refractivity contribution in [1.82, 2.24) is 0 Å². The molecular formula is C2H8Na3O6P2+3. The molecule has 6 nitrogen and oxygen atoms in total. The van der Waals surface area contributed by atoms with Gasteiger partial charge in [-0.25, -0.2) is 0 Å². The van der Waals surface area contributed by atoms with Crippen molar-refractivity contribution in [1.29, 1.82) is 0 Å². The molecule has 0 saturated carbocycles. The van der Waals surface area contributed by atoms with Crippen molar-refractivity contribution in [2.45, 2.75) is 12.3 Å². The van der Waals surface area contributed by atoms with Crippen molar-refractivity contribution in [3.8, 4) is 0 Å². The Morgan fingerprint density at radius 2 is 1.00 bits per heavy atom. The van der Waals surface area contributed by atoms with Crippen LogP contribution in [0.3, 0.4) is 0 Å². The summed E-state index contributed by atoms with van der Waals surface area (Å²) in [6.45, 7) is 0.807. The Balaban J connectivity index is -0.000000135. The summed E-state index contributed by atoms with van der Waals surface area (Å²) < 4.78 is 20.4. The van der Waals surface area contributed by atoms with Crippen LogP contribution in [0.25, 0.3) is 0 Å². The van der Waals surface area contributed by atoms with E-state index in [-0.39, 0.29) is 88.7 Å². The van der Waals surface area contributed by atoms with Crippen molar-refractivity contribution in [3.05, 3.63) is 0 Å². The molecule has 0 fully saturated rings. The summed E-state index contributed by atoms with van der Waals surface area (Å²) in [5.74, 6) is 0. The van der Waals surface area contributed by atoms with Gasteiger partial charge in [-0.2, -0.15) is 0 Å². The minimum Gasteiger partial charge on any atom is -0.324 e. The van der Waals surface area contributed by atoms with Crippen LogP contribution < -0.4 is 88.7 Å². The maximum atomic E-state index is 10.2. The molecule has 0 aliphatic rings. The smallest absolute Gasteiger partial charge is 0.324 e. The van der Waals surface area contributed by atoms with Gasteiger partial charge in [-0.3, -0.25) is 9.13 Å². The van der Waals surface area contributed by atoms with Crippen molar-refractivity contribution < 1.29 is 117 Å². The quantitative estimate of drug-likeness (QED) is 0.289. The predicted molar refractivity (Wildman–Crippen MR) is 33.6 cm³/mol. The van der Waals surface area contributed by atoms with E-state index in [1.165, 1.54) is 0 Å². The first-order valence-electron chi connectivity index (χ1n) is 2.26. The molecular weight excluding hydrogens is 251 g/mol. The number of hydrogen-bond donors (Lipinski definition) is 4. The van der Waals surface area contributed by atoms with E-state index in [2.05, 4.69) is 0 Å². The van der Waals surface area contributed by atoms with Crippen molar-refractivity contribution in [2.75, 3.05) is 0 Å². The average molecular weight is 259 g/mol. The molecule has 0 bridgehead atoms. The molecule has 0 amide bonds. The molecule has 0 heterocycles. The van der Waals surface area contributed by atoms with Crippen molar-refractivity contribution in [3.63, 3.8) is 0 Å². The molecule has 0 unspecified atom stereocenters. The first-order valence-corrected chi connectivity index (χ1v) is 5.62. The van der Waals surface area contributed by atoms with Gasteiger partial charge in [0.1, 0.15) is 0 Å². The summed E-state index contributed by atoms with van der Waals surface area (Å²) in [7, 11) is -9.28. The van der Waals surface area contributed by atoms with Gasteiger partial charge >= 0.3 is 104 Å². The summed E-state index contributed by atoms with van der Waals surface area (Å²) in [6, 6.07) is 0. The van der Waals surface area contributed by atoms with Gasteiger partial charge < -0.3 is 19.6 Å². The molecule has 0 rings (SSSR count). The van der Waals surface area contributed by atoms with Gasteiger partial charge in [-0.15, -0.1) is 0 Å². The van der Waals surface area contributed by atoms with Crippen molar-refractivity contribution >= 4 is 15.2 Å². The SMILES string of the molecule is CC(P(=O)(O)O)P(=O)(O)O.[Na+].[Na+].[Na+]. The van der Waals surface area contributed by atoms with Crippen LogP contribution >= 0.6 is 15.2 Å². The molecule has 0 radical (unpaired) electrons. The Kier molecular flexibility index (Phi) is 18.1. The first kappa shape index (κ1) is 25.2. The largest absolute Gasteiger partial charge is 1.00 e. The first-order chi connectivity index (χ1) is 4.15. The van der Waals surface area contributed by atoms with Gasteiger partial charge in [0.15, 0.2) is 5.40 Å². The Morgan fingerprint density at radius 1 is 0.846 bits per heavy atom. The maximum absolute atomic E-state index is 10.2. The fourth-order valence-corrected chi connectivity index (χ4v) is 1.76. The van der Waals surface area contributed by atoms with Crippen LogP contribution in [0.5, 0.6) is 0 Å². The van der Waals surface area contributed by atoms with E-state index in [0.29, 0.717) is 0 Å². The van der Waals surface area contributed by atoms with Crippen LogP contribution in [0.15, 0.2) is 0 Å². The summed E-state index contributed by atoms with van der Waals surface area (Å²) in [4.78, 5) is 33.0. The molecule has 0 aromatic carbocycles. The van der Waals surface area contributed by atoms with Crippen LogP contribution in [0.4, 0.5) is 0 Å². The zero-order valence-corrected chi connectivity index (χ0v) is 15.9. The van der Waals surface area contributed by atoms with E-state index >= 15 is 0 Å². The van der Waals surface area contributed by atoms with Crippen molar-refractivity contribution in [2.24, 2.45) is 0 Å². The van der Waals surface area contributed by atoms with E-state index in [1.807, 2.05) is 0 Å². The minimum absolute atomic E-state index is 0. The summed E-state index contributed by atoms with van der Waals surface area (Å²) in [6.07, 6.45) is 0. The van der Waals surface area contributed by atoms with Gasteiger partial charge in [0.2, 0.25) is 0 Å². The van der Waals surface area contributed by atoms with Gasteiger partial charge in [-0.05, 0) is 6.92 Å². The van der Waals surface area contributed by atoms with Crippen LogP contribution in [-0.2, 0) is 9.13 Å². The zero-order valence-electron chi connectivity index (χ0n) is 8.08. The van der Waals surface area contributed by atoms with Crippen LogP contribution in [-0.4, -0.2) is 25.0 Å². The molecule has 0 spiro atoms. The molecule has 0 aliphatic carbocycles. The van der Waals surface area contributed by atoms with E-state index in [0.717, 1.165) is 6.92 Å². The molecule has 13 heavy (non-hydrogen) atoms. The Hall–Kier alpha value is 3.30. The van der Waals surface area contributed by atoms with Crippen LogP contribution in [0.1, 0.15) is 6.92 Å². The van der Waals surface area contributed by atoms with Gasteiger partial charge in [-0.1, -0.05) is 0 Å². The summed E-state index contributed by atoms with van der Waals surface area (Å²) in [5.41, 5.74) is 0. The van der Waals surface area contributed by atoms with Crippen LogP contribution in [0, 0.1) is 0 Å². The monoisotopic (exact) mass is 259 g/mol. The molecule has 0 atom stereocenters. The predicted octanol–water partition coefficient (Wildman–Crippen LogP) is -9.30. The second-order valence-electron chi connectivity index (χ2n) is 1.81. The fraction of sp³-hybridized carbons (Fsp3) is 1.00. The minimum atomic E-state index is -4.64. The van der Waals surface area contributed by atoms with E-state index in [9.17, 15) is 9.13 Å². The Labute approximate surface area is 142 Å². The fourth-order valence-electron chi connectivity index (χ4n) is 0.196. The maximum Gasteiger partial charge on any atom is 1.00 e. The summed E-state index contributed by atoms with van der Waals surface area (Å²) >= 11 is 0. The Bertz CT molecular complexity index is 186. The molecule has 0 aromatic heterocycles. The van der Waals surface area contributed by atoms with Gasteiger partial charge in [0.05, 0.1) is 0 Å². The number of hydrogen-bond acceptors (Lipinski definition) is 2. The third kappa shape index (κ3) is 11.6. The van der Waals surface area contributed by atoms with Crippen LogP contribution in [0.2, 0.25) is 0 Å². The third-order valence-corrected chi connectivity index (χ3v) is 4.73. The van der Waals surface area contributed by atoms with Gasteiger partial charge in [0, 0.05) is 0 Å². The van der Waals surface area contributed by atoms with E-state index in [4.69, 9.17) is 19.6 Å². The zero-order chi connectivity index (χ0) is 8.58. The molecule has 4 N–H and O–H groups in total. The molecule has 62 valence electrons. The third-order valence-electron chi connectivity index (χ3n) is 0.974. The molecule has 0 aromatic rings. The number of rotatable bonds is 2. The molecule has 0 aliphatic heterocycles. The average Bonchev–Trinajstić information content (AvgIpc) is 1.59. The summed E-state index contributed by atoms with van der Waals surface area (Å²) in [5, 5.41) is -1.90. The van der Waals surface area contributed by atoms with Gasteiger partial charge in [0.25, 0.3) is 0 Å². The van der Waals surface area contributed by atoms with E-state index in [1.54, 1.807) is 0 Å². The second kappa shape index (κ2) is 9.34. The topological polar surface area (TPSA) is 115 Å². The second-order valence-corrected chi connectivity index (χ2v) is 6.12. The molecule has 11 heteroatoms.